The van der Waals surface area contributed by atoms with Gasteiger partial charge in [-0.3, -0.25) is 0 Å². The van der Waals surface area contributed by atoms with E-state index in [1.165, 1.54) is 7.11 Å². The molecule has 3 atom stereocenters. The zero-order valence-corrected chi connectivity index (χ0v) is 17.1. The number of rotatable bonds is 2. The van der Waals surface area contributed by atoms with Gasteiger partial charge in [0.05, 0.1) is 25.3 Å². The van der Waals surface area contributed by atoms with E-state index in [0.29, 0.717) is 29.6 Å². The Hall–Kier alpha value is -3.06. The molecule has 30 heavy (non-hydrogen) atoms. The minimum absolute atomic E-state index is 0.00390. The molecule has 0 spiro atoms. The van der Waals surface area contributed by atoms with E-state index in [4.69, 9.17) is 28.4 Å². The van der Waals surface area contributed by atoms with E-state index in [2.05, 4.69) is 0 Å². The first-order valence-corrected chi connectivity index (χ1v) is 9.93. The second-order valence-electron chi connectivity index (χ2n) is 8.42. The predicted molar refractivity (Wildman–Crippen MR) is 107 cm³/mol. The van der Waals surface area contributed by atoms with Crippen LogP contribution >= 0.6 is 0 Å². The van der Waals surface area contributed by atoms with Gasteiger partial charge < -0.3 is 33.5 Å². The molecule has 3 unspecified atom stereocenters. The van der Waals surface area contributed by atoms with Gasteiger partial charge in [0.25, 0.3) is 0 Å². The monoisotopic (exact) mass is 410 g/mol. The number of hydrogen-bond acceptors (Lipinski definition) is 7. The molecule has 7 nitrogen and oxygen atoms in total. The number of ether oxygens (including phenoxy) is 6. The van der Waals surface area contributed by atoms with E-state index >= 15 is 0 Å². The first-order valence-electron chi connectivity index (χ1n) is 9.93. The SMILES string of the molecule is COC1=C2c3cc(O)c(OC)cc3OCC2Oc2c1ccc1c2C2OC2C(C)(C)O1. The predicted octanol–water partition coefficient (Wildman–Crippen LogP) is 3.68. The molecule has 0 bridgehead atoms. The van der Waals surface area contributed by atoms with Crippen LogP contribution in [0.1, 0.15) is 36.6 Å². The number of epoxide rings is 1. The molecule has 0 amide bonds. The summed E-state index contributed by atoms with van der Waals surface area (Å²) in [5.74, 6) is 3.19. The topological polar surface area (TPSA) is 78.9 Å². The summed E-state index contributed by atoms with van der Waals surface area (Å²) in [7, 11) is 3.15. The van der Waals surface area contributed by atoms with Gasteiger partial charge in [-0.05, 0) is 32.0 Å². The highest BCUT2D eigenvalue weighted by Crippen LogP contribution is 2.59. The summed E-state index contributed by atoms with van der Waals surface area (Å²) in [6.07, 6.45) is -0.431. The van der Waals surface area contributed by atoms with Crippen LogP contribution in [-0.4, -0.2) is 43.7 Å². The molecule has 7 heteroatoms. The van der Waals surface area contributed by atoms with E-state index in [0.717, 1.165) is 28.0 Å². The van der Waals surface area contributed by atoms with E-state index in [1.807, 2.05) is 26.0 Å². The fourth-order valence-corrected chi connectivity index (χ4v) is 4.78. The van der Waals surface area contributed by atoms with Crippen molar-refractivity contribution in [2.75, 3.05) is 20.8 Å². The van der Waals surface area contributed by atoms with Gasteiger partial charge in [0, 0.05) is 17.2 Å². The number of phenolic OH excluding ortho intramolecular Hbond substituents is 1. The Labute approximate surface area is 173 Å². The highest BCUT2D eigenvalue weighted by Gasteiger charge is 2.58. The smallest absolute Gasteiger partial charge is 0.164 e. The summed E-state index contributed by atoms with van der Waals surface area (Å²) in [4.78, 5) is 0. The number of fused-ring (bicyclic) bond motifs is 8. The molecule has 2 aromatic carbocycles. The standard InChI is InChI=1S/C23H22O7/c1-23(2)22-21(29-22)18-13(30-23)6-5-10-19(26-4)17-11-7-12(24)15(25-3)8-14(11)27-9-16(17)28-20(10)18/h5-8,16,21-22,24H,9H2,1-4H3. The van der Waals surface area contributed by atoms with Crippen LogP contribution in [0.15, 0.2) is 24.3 Å². The lowest BCUT2D eigenvalue weighted by Gasteiger charge is -2.37. The first-order chi connectivity index (χ1) is 14.4. The third-order valence-electron chi connectivity index (χ3n) is 6.23. The summed E-state index contributed by atoms with van der Waals surface area (Å²) in [6.45, 7) is 4.38. The lowest BCUT2D eigenvalue weighted by atomic mass is 9.87. The minimum atomic E-state index is -0.383. The molecule has 156 valence electrons. The molecular formula is C23H22O7. The second kappa shape index (κ2) is 5.76. The third kappa shape index (κ3) is 2.24. The summed E-state index contributed by atoms with van der Waals surface area (Å²) < 4.78 is 35.6. The van der Waals surface area contributed by atoms with Gasteiger partial charge in [-0.15, -0.1) is 0 Å². The average molecular weight is 410 g/mol. The summed E-state index contributed by atoms with van der Waals surface area (Å²) in [5.41, 5.74) is 2.95. The maximum absolute atomic E-state index is 10.3. The van der Waals surface area contributed by atoms with Crippen LogP contribution in [0.25, 0.3) is 11.3 Å². The van der Waals surface area contributed by atoms with Crippen molar-refractivity contribution in [2.45, 2.75) is 37.8 Å². The van der Waals surface area contributed by atoms with Gasteiger partial charge in [0.2, 0.25) is 0 Å². The van der Waals surface area contributed by atoms with Gasteiger partial charge in [0.1, 0.15) is 47.4 Å². The quantitative estimate of drug-likeness (QED) is 0.757. The summed E-state index contributed by atoms with van der Waals surface area (Å²) in [6, 6.07) is 7.21. The average Bonchev–Trinajstić information content (AvgIpc) is 3.53. The number of hydrogen-bond donors (Lipinski definition) is 1. The molecule has 0 aromatic heterocycles. The van der Waals surface area contributed by atoms with Crippen molar-refractivity contribution in [1.29, 1.82) is 0 Å². The van der Waals surface area contributed by atoms with Crippen LogP contribution in [0, 0.1) is 0 Å². The van der Waals surface area contributed by atoms with Crippen molar-refractivity contribution in [1.82, 2.24) is 0 Å². The second-order valence-corrected chi connectivity index (χ2v) is 8.42. The third-order valence-corrected chi connectivity index (χ3v) is 6.23. The lowest BCUT2D eigenvalue weighted by molar-refractivity contribution is 0.0714. The molecule has 0 radical (unpaired) electrons. The molecule has 6 rings (SSSR count). The fourth-order valence-electron chi connectivity index (χ4n) is 4.78. The zero-order valence-electron chi connectivity index (χ0n) is 17.1. The fraction of sp³-hybridized carbons (Fsp3) is 0.391. The Morgan fingerprint density at radius 2 is 1.90 bits per heavy atom. The number of aromatic hydroxyl groups is 1. The summed E-state index contributed by atoms with van der Waals surface area (Å²) in [5, 5.41) is 10.3. The van der Waals surface area contributed by atoms with Crippen LogP contribution in [-0.2, 0) is 9.47 Å². The Morgan fingerprint density at radius 1 is 1.07 bits per heavy atom. The van der Waals surface area contributed by atoms with Crippen molar-refractivity contribution in [3.05, 3.63) is 41.0 Å². The summed E-state index contributed by atoms with van der Waals surface area (Å²) >= 11 is 0. The molecule has 4 aliphatic rings. The maximum Gasteiger partial charge on any atom is 0.164 e. The first kappa shape index (κ1) is 17.8. The zero-order chi connectivity index (χ0) is 20.8. The van der Waals surface area contributed by atoms with E-state index in [9.17, 15) is 5.11 Å². The van der Waals surface area contributed by atoms with E-state index < -0.39 is 0 Å². The van der Waals surface area contributed by atoms with Gasteiger partial charge >= 0.3 is 0 Å². The molecule has 1 saturated heterocycles. The largest absolute Gasteiger partial charge is 0.504 e. The number of benzene rings is 2. The molecule has 4 aliphatic heterocycles. The molecule has 1 N–H and O–H groups in total. The Bertz CT molecular complexity index is 1120. The highest BCUT2D eigenvalue weighted by atomic mass is 16.6. The molecule has 0 aliphatic carbocycles. The van der Waals surface area contributed by atoms with Crippen LogP contribution in [0.5, 0.6) is 28.7 Å². The maximum atomic E-state index is 10.3. The lowest BCUT2D eigenvalue weighted by Crippen LogP contribution is -2.39. The molecule has 1 fully saturated rings. The van der Waals surface area contributed by atoms with Crippen molar-refractivity contribution in [3.63, 3.8) is 0 Å². The van der Waals surface area contributed by atoms with Crippen molar-refractivity contribution in [2.24, 2.45) is 0 Å². The van der Waals surface area contributed by atoms with Gasteiger partial charge in [0.15, 0.2) is 17.6 Å². The minimum Gasteiger partial charge on any atom is -0.504 e. The van der Waals surface area contributed by atoms with Crippen LogP contribution in [0.3, 0.4) is 0 Å². The molecule has 0 saturated carbocycles. The van der Waals surface area contributed by atoms with Crippen molar-refractivity contribution in [3.8, 4) is 28.7 Å². The van der Waals surface area contributed by atoms with E-state index in [-0.39, 0.29) is 29.7 Å². The molecular weight excluding hydrogens is 388 g/mol. The number of methoxy groups -OCH3 is 2. The van der Waals surface area contributed by atoms with Crippen LogP contribution in [0.2, 0.25) is 0 Å². The van der Waals surface area contributed by atoms with Gasteiger partial charge in [-0.2, -0.15) is 0 Å². The Morgan fingerprint density at radius 3 is 2.67 bits per heavy atom. The van der Waals surface area contributed by atoms with Crippen molar-refractivity contribution < 1.29 is 33.5 Å². The van der Waals surface area contributed by atoms with E-state index in [1.54, 1.807) is 19.2 Å². The molecule has 2 aromatic rings. The van der Waals surface area contributed by atoms with Crippen molar-refractivity contribution >= 4 is 11.3 Å². The Kier molecular flexibility index (Phi) is 3.41. The highest BCUT2D eigenvalue weighted by molar-refractivity contribution is 5.96. The Balaban J connectivity index is 1.55. The van der Waals surface area contributed by atoms with Crippen LogP contribution < -0.4 is 18.9 Å². The number of phenols is 1. The van der Waals surface area contributed by atoms with Crippen LogP contribution in [0.4, 0.5) is 0 Å². The van der Waals surface area contributed by atoms with Gasteiger partial charge in [-0.1, -0.05) is 0 Å². The molecule has 4 heterocycles. The van der Waals surface area contributed by atoms with Gasteiger partial charge in [-0.25, -0.2) is 0 Å². The normalized spacial score (nSPS) is 26.5.